The number of aliphatic hydroxyl groups is 1. The summed E-state index contributed by atoms with van der Waals surface area (Å²) in [6.07, 6.45) is -2.94. The summed E-state index contributed by atoms with van der Waals surface area (Å²) in [5, 5.41) is 9.44. The quantitative estimate of drug-likeness (QED) is 0.335. The minimum Gasteiger partial charge on any atom is -0.396 e. The van der Waals surface area contributed by atoms with Crippen LogP contribution in [0.1, 0.15) is 23.1 Å². The summed E-state index contributed by atoms with van der Waals surface area (Å²) < 4.78 is 66.3. The summed E-state index contributed by atoms with van der Waals surface area (Å²) in [5.74, 6) is -0.155. The molecule has 1 heterocycles. The molecule has 0 spiro atoms. The zero-order chi connectivity index (χ0) is 25.4. The molecule has 4 nitrogen and oxygen atoms in total. The van der Waals surface area contributed by atoms with Gasteiger partial charge < -0.3 is 5.11 Å². The maximum Gasteiger partial charge on any atom is 0.418 e. The first-order chi connectivity index (χ1) is 16.5. The highest BCUT2D eigenvalue weighted by Gasteiger charge is 2.33. The maximum atomic E-state index is 13.6. The predicted molar refractivity (Wildman–Crippen MR) is 131 cm³/mol. The van der Waals surface area contributed by atoms with Gasteiger partial charge in [0.25, 0.3) is 0 Å². The van der Waals surface area contributed by atoms with Gasteiger partial charge in [0, 0.05) is 18.2 Å². The molecule has 0 unspecified atom stereocenters. The molecule has 0 fully saturated rings. The Kier molecular flexibility index (Phi) is 6.71. The van der Waals surface area contributed by atoms with Gasteiger partial charge in [0.1, 0.15) is 0 Å². The highest BCUT2D eigenvalue weighted by atomic mass is 32.2. The number of aliphatic hydroxyl groups excluding tert-OH is 1. The largest absolute Gasteiger partial charge is 0.418 e. The van der Waals surface area contributed by atoms with Crippen molar-refractivity contribution in [1.82, 2.24) is 4.98 Å². The zero-order valence-corrected chi connectivity index (χ0v) is 20.0. The number of benzene rings is 3. The average Bonchev–Trinajstić information content (AvgIpc) is 2.82. The predicted octanol–water partition coefficient (Wildman–Crippen LogP) is 6.36. The van der Waals surface area contributed by atoms with Crippen LogP contribution in [0.25, 0.3) is 33.2 Å². The summed E-state index contributed by atoms with van der Waals surface area (Å²) in [7, 11) is -3.57. The van der Waals surface area contributed by atoms with Crippen molar-refractivity contribution in [2.45, 2.75) is 31.3 Å². The topological polar surface area (TPSA) is 67.3 Å². The monoisotopic (exact) mass is 499 g/mol. The Labute approximate surface area is 202 Å². The molecule has 1 aromatic heterocycles. The van der Waals surface area contributed by atoms with Gasteiger partial charge in [-0.2, -0.15) is 13.2 Å². The lowest BCUT2D eigenvalue weighted by molar-refractivity contribution is -0.136. The van der Waals surface area contributed by atoms with Crippen LogP contribution in [0.15, 0.2) is 71.8 Å². The summed E-state index contributed by atoms with van der Waals surface area (Å²) in [5.41, 5.74) is 3.19. The molecule has 0 aliphatic carbocycles. The molecule has 0 bridgehead atoms. The third kappa shape index (κ3) is 4.94. The van der Waals surface area contributed by atoms with Crippen molar-refractivity contribution < 1.29 is 26.7 Å². The third-order valence-corrected chi connectivity index (χ3v) is 7.91. The van der Waals surface area contributed by atoms with E-state index in [0.717, 1.165) is 17.2 Å². The highest BCUT2D eigenvalue weighted by Crippen LogP contribution is 2.39. The molecule has 0 aliphatic heterocycles. The molecule has 8 heteroatoms. The minimum atomic E-state index is -4.53. The van der Waals surface area contributed by atoms with Crippen molar-refractivity contribution in [2.75, 3.05) is 12.4 Å². The number of rotatable bonds is 6. The molecule has 3 aromatic carbocycles. The Morgan fingerprint density at radius 3 is 2.29 bits per heavy atom. The second-order valence-electron chi connectivity index (χ2n) is 8.47. The van der Waals surface area contributed by atoms with E-state index in [-0.39, 0.29) is 29.2 Å². The van der Waals surface area contributed by atoms with E-state index in [1.807, 2.05) is 24.3 Å². The molecule has 1 N–H and O–H groups in total. The van der Waals surface area contributed by atoms with Gasteiger partial charge in [0.05, 0.1) is 21.7 Å². The molecule has 4 aromatic rings. The zero-order valence-electron chi connectivity index (χ0n) is 19.2. The smallest absolute Gasteiger partial charge is 0.396 e. The Balaban J connectivity index is 1.86. The lowest BCUT2D eigenvalue weighted by atomic mass is 9.93. The normalized spacial score (nSPS) is 12.3. The van der Waals surface area contributed by atoms with Gasteiger partial charge >= 0.3 is 6.18 Å². The number of sulfone groups is 1. The number of hydrogen-bond acceptors (Lipinski definition) is 4. The van der Waals surface area contributed by atoms with E-state index in [0.29, 0.717) is 27.6 Å². The lowest BCUT2D eigenvalue weighted by Gasteiger charge is -2.15. The molecule has 0 aliphatic rings. The first kappa shape index (κ1) is 24.9. The molecule has 182 valence electrons. The Morgan fingerprint density at radius 1 is 0.886 bits per heavy atom. The maximum absolute atomic E-state index is 13.6. The molecule has 0 radical (unpaired) electrons. The molecule has 0 amide bonds. The van der Waals surface area contributed by atoms with Crippen molar-refractivity contribution >= 4 is 20.7 Å². The molecule has 0 saturated heterocycles. The first-order valence-corrected chi connectivity index (χ1v) is 12.7. The summed E-state index contributed by atoms with van der Waals surface area (Å²) in [6, 6.07) is 16.5. The van der Waals surface area contributed by atoms with Gasteiger partial charge in [-0.05, 0) is 71.8 Å². The van der Waals surface area contributed by atoms with Gasteiger partial charge in [0.15, 0.2) is 9.84 Å². The van der Waals surface area contributed by atoms with Crippen LogP contribution in [-0.2, 0) is 16.0 Å². The summed E-state index contributed by atoms with van der Waals surface area (Å²) in [6.45, 7) is 3.30. The fourth-order valence-electron chi connectivity index (χ4n) is 4.27. The van der Waals surface area contributed by atoms with Crippen molar-refractivity contribution in [2.24, 2.45) is 0 Å². The van der Waals surface area contributed by atoms with Crippen LogP contribution in [0.3, 0.4) is 0 Å². The number of nitrogens with zero attached hydrogens (tertiary/aromatic N) is 1. The summed E-state index contributed by atoms with van der Waals surface area (Å²) in [4.78, 5) is 4.29. The number of para-hydroxylation sites is 1. The number of halogens is 3. The number of fused-ring (bicyclic) bond motifs is 1. The van der Waals surface area contributed by atoms with Gasteiger partial charge in [-0.15, -0.1) is 0 Å². The number of hydrogen-bond donors (Lipinski definition) is 1. The summed E-state index contributed by atoms with van der Waals surface area (Å²) >= 11 is 0. The van der Waals surface area contributed by atoms with Crippen LogP contribution in [0.4, 0.5) is 13.2 Å². The molecular weight excluding hydrogens is 475 g/mol. The van der Waals surface area contributed by atoms with Crippen molar-refractivity contribution in [3.63, 3.8) is 0 Å². The average molecular weight is 500 g/mol. The van der Waals surface area contributed by atoms with Gasteiger partial charge in [-0.3, -0.25) is 4.98 Å². The van der Waals surface area contributed by atoms with Gasteiger partial charge in [0.2, 0.25) is 0 Å². The van der Waals surface area contributed by atoms with E-state index >= 15 is 0 Å². The molecule has 4 rings (SSSR count). The second-order valence-corrected chi connectivity index (χ2v) is 10.6. The fourth-order valence-corrected chi connectivity index (χ4v) is 5.86. The number of alkyl halides is 3. The van der Waals surface area contributed by atoms with E-state index in [1.54, 1.807) is 38.1 Å². The SMILES string of the molecule is Cc1ccc(-c2cccc(-c3c(C)cnc4c(C(F)(F)F)cccc34)c2)cc1S(=O)(=O)CCCO. The van der Waals surface area contributed by atoms with E-state index < -0.39 is 21.6 Å². The van der Waals surface area contributed by atoms with E-state index in [4.69, 9.17) is 5.11 Å². The van der Waals surface area contributed by atoms with Crippen LogP contribution in [0, 0.1) is 13.8 Å². The molecule has 0 saturated carbocycles. The van der Waals surface area contributed by atoms with Crippen LogP contribution < -0.4 is 0 Å². The standard InChI is InChI=1S/C27H24F3NO3S/c1-17-10-11-20(15-24(17)35(33,34)13-5-12-32)19-6-3-7-21(14-19)25-18(2)16-31-26-22(25)8-4-9-23(26)27(28,29)30/h3-4,6-11,14-16,32H,5,12-13H2,1-2H3. The number of pyridine rings is 1. The van der Waals surface area contributed by atoms with Gasteiger partial charge in [-0.1, -0.05) is 42.5 Å². The van der Waals surface area contributed by atoms with Crippen LogP contribution in [0.2, 0.25) is 0 Å². The highest BCUT2D eigenvalue weighted by molar-refractivity contribution is 7.91. The van der Waals surface area contributed by atoms with Gasteiger partial charge in [-0.25, -0.2) is 8.42 Å². The first-order valence-electron chi connectivity index (χ1n) is 11.0. The Morgan fingerprint density at radius 2 is 1.57 bits per heavy atom. The van der Waals surface area contributed by atoms with Crippen molar-refractivity contribution in [1.29, 1.82) is 0 Å². The lowest BCUT2D eigenvalue weighted by Crippen LogP contribution is -2.10. The van der Waals surface area contributed by atoms with Crippen molar-refractivity contribution in [3.8, 4) is 22.3 Å². The molecular formula is C27H24F3NO3S. The molecule has 35 heavy (non-hydrogen) atoms. The number of aromatic nitrogens is 1. The Hall–Kier alpha value is -3.23. The van der Waals surface area contributed by atoms with Crippen molar-refractivity contribution in [3.05, 3.63) is 83.6 Å². The minimum absolute atomic E-state index is 0.112. The fraction of sp³-hybridized carbons (Fsp3) is 0.222. The third-order valence-electron chi connectivity index (χ3n) is 5.97. The van der Waals surface area contributed by atoms with Crippen LogP contribution in [0.5, 0.6) is 0 Å². The van der Waals surface area contributed by atoms with E-state index in [2.05, 4.69) is 4.98 Å². The number of aryl methyl sites for hydroxylation is 2. The Bertz CT molecular complexity index is 1510. The molecule has 0 atom stereocenters. The van der Waals surface area contributed by atoms with E-state index in [9.17, 15) is 21.6 Å². The second kappa shape index (κ2) is 9.43. The van der Waals surface area contributed by atoms with Crippen LogP contribution >= 0.6 is 0 Å². The van der Waals surface area contributed by atoms with Crippen LogP contribution in [-0.4, -0.2) is 30.9 Å². The van der Waals surface area contributed by atoms with E-state index in [1.165, 1.54) is 12.3 Å².